The predicted molar refractivity (Wildman–Crippen MR) is 98.3 cm³/mol. The Bertz CT molecular complexity index is 1100. The van der Waals surface area contributed by atoms with E-state index in [0.29, 0.717) is 25.2 Å². The summed E-state index contributed by atoms with van der Waals surface area (Å²) in [6, 6.07) is 2.76. The molecule has 0 aliphatic heterocycles. The summed E-state index contributed by atoms with van der Waals surface area (Å²) >= 11 is 0. The van der Waals surface area contributed by atoms with E-state index in [0.717, 1.165) is 23.8 Å². The van der Waals surface area contributed by atoms with E-state index in [9.17, 15) is 22.0 Å². The van der Waals surface area contributed by atoms with Gasteiger partial charge in [0, 0.05) is 31.9 Å². The Morgan fingerprint density at radius 3 is 2.66 bits per heavy atom. The van der Waals surface area contributed by atoms with Crippen molar-refractivity contribution in [3.63, 3.8) is 0 Å². The molecule has 1 aromatic carbocycles. The third kappa shape index (κ3) is 5.29. The number of aryl methyl sites for hydroxylation is 1. The molecule has 0 saturated carbocycles. The highest BCUT2D eigenvalue weighted by atomic mass is 32.2. The molecule has 0 spiro atoms. The average molecular weight is 424 g/mol. The molecule has 2 N–H and O–H groups in total. The molecular weight excluding hydrogens is 406 g/mol. The van der Waals surface area contributed by atoms with Crippen LogP contribution in [0.3, 0.4) is 0 Å². The minimum Gasteiger partial charge on any atom is -0.356 e. The van der Waals surface area contributed by atoms with E-state index < -0.39 is 26.6 Å². The zero-order chi connectivity index (χ0) is 20.9. The number of rotatable bonds is 9. The van der Waals surface area contributed by atoms with Gasteiger partial charge in [-0.3, -0.25) is 4.79 Å². The van der Waals surface area contributed by atoms with E-state index in [-0.39, 0.29) is 18.9 Å². The van der Waals surface area contributed by atoms with Crippen molar-refractivity contribution in [2.75, 3.05) is 13.1 Å². The zero-order valence-electron chi connectivity index (χ0n) is 15.2. The van der Waals surface area contributed by atoms with Gasteiger partial charge in [0.05, 0.1) is 0 Å². The summed E-state index contributed by atoms with van der Waals surface area (Å²) in [6.07, 6.45) is 6.02. The van der Waals surface area contributed by atoms with Crippen molar-refractivity contribution >= 4 is 21.7 Å². The monoisotopic (exact) mass is 424 g/mol. The maximum Gasteiger partial charge on any atom is 0.252 e. The van der Waals surface area contributed by atoms with E-state index in [4.69, 9.17) is 0 Å². The Morgan fingerprint density at radius 1 is 1.14 bits per heavy atom. The first kappa shape index (κ1) is 20.7. The molecule has 0 saturated heterocycles. The Kier molecular flexibility index (Phi) is 6.44. The molecule has 0 aliphatic rings. The van der Waals surface area contributed by atoms with E-state index in [1.165, 1.54) is 6.33 Å². The number of halogens is 2. The van der Waals surface area contributed by atoms with Crippen LogP contribution in [-0.4, -0.2) is 47.0 Å². The maximum absolute atomic E-state index is 13.6. The van der Waals surface area contributed by atoms with Crippen LogP contribution in [0.2, 0.25) is 0 Å². The third-order valence-electron chi connectivity index (χ3n) is 3.98. The van der Waals surface area contributed by atoms with Gasteiger partial charge in [-0.05, 0) is 30.5 Å². The molecule has 1 amide bonds. The molecule has 3 aromatic rings. The molecule has 9 nitrogen and oxygen atoms in total. The molecule has 0 radical (unpaired) electrons. The summed E-state index contributed by atoms with van der Waals surface area (Å²) in [5.74, 6) is -2.27. The number of hydrogen-bond acceptors (Lipinski definition) is 6. The highest BCUT2D eigenvalue weighted by Gasteiger charge is 2.23. The Balaban J connectivity index is 1.39. The molecule has 0 fully saturated rings. The topological polar surface area (TPSA) is 118 Å². The highest BCUT2D eigenvalue weighted by Crippen LogP contribution is 2.17. The van der Waals surface area contributed by atoms with Gasteiger partial charge in [0.15, 0.2) is 4.90 Å². The smallest absolute Gasteiger partial charge is 0.252 e. The van der Waals surface area contributed by atoms with Crippen LogP contribution in [-0.2, 0) is 21.2 Å². The normalized spacial score (nSPS) is 11.7. The molecule has 2 aromatic heterocycles. The fourth-order valence-corrected chi connectivity index (χ4v) is 3.77. The molecule has 2 heterocycles. The number of aromatic nitrogens is 4. The van der Waals surface area contributed by atoms with E-state index in [2.05, 4.69) is 20.4 Å². The summed E-state index contributed by atoms with van der Waals surface area (Å²) in [7, 11) is -4.39. The lowest BCUT2D eigenvalue weighted by molar-refractivity contribution is -0.120. The summed E-state index contributed by atoms with van der Waals surface area (Å²) in [4.78, 5) is 18.9. The first-order chi connectivity index (χ1) is 13.9. The van der Waals surface area contributed by atoms with Gasteiger partial charge in [-0.15, -0.1) is 0 Å². The average Bonchev–Trinajstić information content (AvgIpc) is 3.12. The lowest BCUT2D eigenvalue weighted by atomic mass is 10.2. The quantitative estimate of drug-likeness (QED) is 0.491. The van der Waals surface area contributed by atoms with Crippen molar-refractivity contribution in [2.45, 2.75) is 24.2 Å². The fourth-order valence-electron chi connectivity index (χ4n) is 2.61. The highest BCUT2D eigenvalue weighted by molar-refractivity contribution is 7.89. The Labute approximate surface area is 165 Å². The lowest BCUT2D eigenvalue weighted by Gasteiger charge is -2.09. The van der Waals surface area contributed by atoms with Crippen LogP contribution in [0.25, 0.3) is 5.78 Å². The van der Waals surface area contributed by atoms with Crippen LogP contribution in [0.4, 0.5) is 8.78 Å². The molecule has 0 bridgehead atoms. The lowest BCUT2D eigenvalue weighted by Crippen LogP contribution is -2.32. The number of carbonyl (C=O) groups excluding carboxylic acids is 1. The number of nitrogens with one attached hydrogen (secondary N) is 2. The van der Waals surface area contributed by atoms with Crippen molar-refractivity contribution in [2.24, 2.45) is 0 Å². The van der Waals surface area contributed by atoms with Crippen molar-refractivity contribution in [1.82, 2.24) is 29.6 Å². The summed E-state index contributed by atoms with van der Waals surface area (Å²) in [6.45, 7) is 0.0950. The van der Waals surface area contributed by atoms with Crippen LogP contribution >= 0.6 is 0 Å². The van der Waals surface area contributed by atoms with Crippen molar-refractivity contribution in [3.05, 3.63) is 54.1 Å². The number of hydrogen-bond donors (Lipinski definition) is 2. The predicted octanol–water partition coefficient (Wildman–Crippen LogP) is 0.820. The second-order valence-electron chi connectivity index (χ2n) is 6.12. The van der Waals surface area contributed by atoms with Gasteiger partial charge in [0.1, 0.15) is 18.0 Å². The van der Waals surface area contributed by atoms with Gasteiger partial charge in [0.2, 0.25) is 15.9 Å². The van der Waals surface area contributed by atoms with Crippen LogP contribution in [0, 0.1) is 11.6 Å². The van der Waals surface area contributed by atoms with Crippen LogP contribution in [0.1, 0.15) is 18.4 Å². The Hall–Kier alpha value is -2.99. The number of fused-ring (bicyclic) bond motifs is 1. The molecular formula is C17H18F2N6O3S. The fraction of sp³-hybridized carbons (Fsp3) is 0.294. The van der Waals surface area contributed by atoms with Crippen LogP contribution < -0.4 is 10.0 Å². The van der Waals surface area contributed by atoms with E-state index >= 15 is 0 Å². The molecule has 3 rings (SSSR count). The minimum atomic E-state index is -4.39. The second kappa shape index (κ2) is 9.01. The molecule has 154 valence electrons. The third-order valence-corrected chi connectivity index (χ3v) is 5.50. The van der Waals surface area contributed by atoms with Gasteiger partial charge in [-0.25, -0.2) is 31.4 Å². The first-order valence-electron chi connectivity index (χ1n) is 8.71. The summed E-state index contributed by atoms with van der Waals surface area (Å²) in [5.41, 5.74) is 0.928. The van der Waals surface area contributed by atoms with Crippen molar-refractivity contribution in [1.29, 1.82) is 0 Å². The van der Waals surface area contributed by atoms with Gasteiger partial charge in [-0.1, -0.05) is 6.07 Å². The number of sulfonamides is 1. The SMILES string of the molecule is O=C(CCNS(=O)(=O)c1c(F)cccc1F)NCCCc1cnc2ncnn2c1. The van der Waals surface area contributed by atoms with Gasteiger partial charge in [0.25, 0.3) is 5.78 Å². The summed E-state index contributed by atoms with van der Waals surface area (Å²) < 4.78 is 54.8. The molecule has 12 heteroatoms. The molecule has 0 aliphatic carbocycles. The van der Waals surface area contributed by atoms with E-state index in [1.54, 1.807) is 16.9 Å². The number of carbonyl (C=O) groups is 1. The second-order valence-corrected chi connectivity index (χ2v) is 7.82. The standard InChI is InChI=1S/C17H18F2N6O3S/c18-13-4-1-5-14(19)16(13)29(27,28)24-8-6-15(26)20-7-2-3-12-9-21-17-22-11-23-25(17)10-12/h1,4-5,9-11,24H,2-3,6-8H2,(H,20,26). The molecule has 0 atom stereocenters. The molecule has 29 heavy (non-hydrogen) atoms. The summed E-state index contributed by atoms with van der Waals surface area (Å²) in [5, 5.41) is 6.65. The first-order valence-corrected chi connectivity index (χ1v) is 10.2. The van der Waals surface area contributed by atoms with E-state index in [1.807, 2.05) is 4.72 Å². The van der Waals surface area contributed by atoms with Crippen LogP contribution in [0.5, 0.6) is 0 Å². The molecule has 0 unspecified atom stereocenters. The van der Waals surface area contributed by atoms with Crippen molar-refractivity contribution < 1.29 is 22.0 Å². The van der Waals surface area contributed by atoms with Gasteiger partial charge < -0.3 is 5.32 Å². The van der Waals surface area contributed by atoms with Gasteiger partial charge in [-0.2, -0.15) is 10.1 Å². The van der Waals surface area contributed by atoms with Crippen LogP contribution in [0.15, 0.2) is 41.8 Å². The minimum absolute atomic E-state index is 0.165. The number of amides is 1. The maximum atomic E-state index is 13.6. The number of benzene rings is 1. The number of nitrogens with zero attached hydrogens (tertiary/aromatic N) is 4. The van der Waals surface area contributed by atoms with Gasteiger partial charge >= 0.3 is 0 Å². The Morgan fingerprint density at radius 2 is 1.90 bits per heavy atom. The largest absolute Gasteiger partial charge is 0.356 e. The van der Waals surface area contributed by atoms with Crippen molar-refractivity contribution in [3.8, 4) is 0 Å². The zero-order valence-corrected chi connectivity index (χ0v) is 16.0.